The largest absolute Gasteiger partial charge is 0.372 e. The van der Waals surface area contributed by atoms with Crippen molar-refractivity contribution in [1.29, 1.82) is 0 Å². The van der Waals surface area contributed by atoms with Gasteiger partial charge in [0.15, 0.2) is 0 Å². The number of anilines is 1. The molecule has 0 unspecified atom stereocenters. The Kier molecular flexibility index (Phi) is 6.82. The highest BCUT2D eigenvalue weighted by Gasteiger charge is 2.36. The SMILES string of the molecule is CCN(CC)S(=O)(=O)N1CCN([n+]2noc(NC(=O)c3cccnc3)c2Br)CC1. The molecule has 11 nitrogen and oxygen atoms in total. The molecule has 13 heteroatoms. The lowest BCUT2D eigenvalue weighted by molar-refractivity contribution is -0.768. The molecular formula is C16H23BrN7O4S+. The van der Waals surface area contributed by atoms with E-state index in [1.807, 2.05) is 18.9 Å². The summed E-state index contributed by atoms with van der Waals surface area (Å²) in [5, 5.41) is 8.42. The molecule has 0 spiro atoms. The lowest BCUT2D eigenvalue weighted by Gasteiger charge is -2.32. The highest BCUT2D eigenvalue weighted by molar-refractivity contribution is 9.10. The van der Waals surface area contributed by atoms with Crippen LogP contribution in [-0.2, 0) is 10.2 Å². The van der Waals surface area contributed by atoms with E-state index in [4.69, 9.17) is 4.52 Å². The number of hydrogen-bond acceptors (Lipinski definition) is 7. The zero-order valence-electron chi connectivity index (χ0n) is 16.2. The normalized spacial score (nSPS) is 15.7. The Labute approximate surface area is 177 Å². The van der Waals surface area contributed by atoms with Gasteiger partial charge in [0.25, 0.3) is 16.1 Å². The van der Waals surface area contributed by atoms with Crippen molar-refractivity contribution in [1.82, 2.24) is 18.9 Å². The van der Waals surface area contributed by atoms with Crippen LogP contribution in [0.3, 0.4) is 0 Å². The van der Waals surface area contributed by atoms with E-state index in [0.717, 1.165) is 0 Å². The molecule has 1 N–H and O–H groups in total. The van der Waals surface area contributed by atoms with E-state index >= 15 is 0 Å². The summed E-state index contributed by atoms with van der Waals surface area (Å²) in [6.45, 7) is 6.00. The van der Waals surface area contributed by atoms with Crippen LogP contribution < -0.4 is 15.1 Å². The van der Waals surface area contributed by atoms with Crippen molar-refractivity contribution in [2.45, 2.75) is 13.8 Å². The Balaban J connectivity index is 1.66. The van der Waals surface area contributed by atoms with Crippen LogP contribution in [0, 0.1) is 0 Å². The lowest BCUT2D eigenvalue weighted by atomic mass is 10.3. The third-order valence-electron chi connectivity index (χ3n) is 4.56. The highest BCUT2D eigenvalue weighted by Crippen LogP contribution is 2.19. The maximum absolute atomic E-state index is 12.6. The van der Waals surface area contributed by atoms with E-state index in [0.29, 0.717) is 49.4 Å². The number of hydrogen-bond donors (Lipinski definition) is 1. The van der Waals surface area contributed by atoms with Crippen LogP contribution in [0.5, 0.6) is 0 Å². The Bertz CT molecular complexity index is 941. The maximum atomic E-state index is 12.6. The summed E-state index contributed by atoms with van der Waals surface area (Å²) in [6, 6.07) is 3.30. The molecule has 1 aliphatic heterocycles. The lowest BCUT2D eigenvalue weighted by Crippen LogP contribution is -2.67. The summed E-state index contributed by atoms with van der Waals surface area (Å²) in [7, 11) is -3.47. The molecule has 0 aliphatic carbocycles. The van der Waals surface area contributed by atoms with Gasteiger partial charge < -0.3 is 0 Å². The van der Waals surface area contributed by atoms with Gasteiger partial charge in [-0.1, -0.05) is 13.8 Å². The standard InChI is InChI=1S/C16H22BrN7O4S/c1-3-22(4-2)29(26,27)23-10-8-21(9-11-23)24-14(17)16(28-20-24)19-15(25)13-6-5-7-18-12-13/h5-7,12H,3-4,8-11H2,1-2H3/p+1. The number of aromatic nitrogens is 3. The smallest absolute Gasteiger partial charge is 0.284 e. The second kappa shape index (κ2) is 9.15. The van der Waals surface area contributed by atoms with Gasteiger partial charge in [0.1, 0.15) is 0 Å². The summed E-state index contributed by atoms with van der Waals surface area (Å²) in [6.07, 6.45) is 3.03. The molecule has 0 aromatic carbocycles. The quantitative estimate of drug-likeness (QED) is 0.553. The number of amides is 1. The van der Waals surface area contributed by atoms with Gasteiger partial charge in [-0.15, -0.1) is 5.01 Å². The van der Waals surface area contributed by atoms with E-state index < -0.39 is 10.2 Å². The van der Waals surface area contributed by atoms with Gasteiger partial charge in [0.2, 0.25) is 5.27 Å². The summed E-state index contributed by atoms with van der Waals surface area (Å²) in [5.74, 6) is -0.228. The number of pyridine rings is 1. The predicted octanol–water partition coefficient (Wildman–Crippen LogP) is 0.212. The molecule has 0 bridgehead atoms. The van der Waals surface area contributed by atoms with Gasteiger partial charge in [-0.05, 0) is 12.1 Å². The van der Waals surface area contributed by atoms with Gasteiger partial charge in [0, 0.05) is 54.5 Å². The molecule has 0 atom stereocenters. The van der Waals surface area contributed by atoms with Crippen LogP contribution in [0.1, 0.15) is 24.2 Å². The zero-order valence-corrected chi connectivity index (χ0v) is 18.6. The third-order valence-corrected chi connectivity index (χ3v) is 7.43. The molecule has 1 amide bonds. The van der Waals surface area contributed by atoms with E-state index in [9.17, 15) is 13.2 Å². The molecule has 0 saturated carbocycles. The van der Waals surface area contributed by atoms with Gasteiger partial charge in [-0.3, -0.25) is 19.6 Å². The first-order valence-corrected chi connectivity index (χ1v) is 11.4. The van der Waals surface area contributed by atoms with Gasteiger partial charge in [-0.25, -0.2) is 0 Å². The van der Waals surface area contributed by atoms with Crippen LogP contribution in [0.25, 0.3) is 0 Å². The minimum atomic E-state index is -3.47. The number of nitrogens with one attached hydrogen (secondary N) is 1. The maximum Gasteiger partial charge on any atom is 0.372 e. The average Bonchev–Trinajstić information content (AvgIpc) is 3.09. The fourth-order valence-electron chi connectivity index (χ4n) is 2.98. The van der Waals surface area contributed by atoms with Crippen LogP contribution >= 0.6 is 15.9 Å². The molecule has 1 aliphatic rings. The number of nitrogens with zero attached hydrogens (tertiary/aromatic N) is 6. The average molecular weight is 489 g/mol. The summed E-state index contributed by atoms with van der Waals surface area (Å²) >= 11 is 3.38. The van der Waals surface area contributed by atoms with E-state index in [2.05, 4.69) is 31.5 Å². The number of carbonyl (C=O) groups excluding carboxylic acids is 1. The van der Waals surface area contributed by atoms with Crippen LogP contribution in [0.2, 0.25) is 0 Å². The molecular weight excluding hydrogens is 466 g/mol. The molecule has 2 aromatic rings. The zero-order chi connectivity index (χ0) is 21.0. The van der Waals surface area contributed by atoms with Crippen LogP contribution in [-0.4, -0.2) is 72.5 Å². The van der Waals surface area contributed by atoms with Crippen molar-refractivity contribution in [2.75, 3.05) is 49.6 Å². The van der Waals surface area contributed by atoms with Crippen molar-refractivity contribution in [3.8, 4) is 0 Å². The van der Waals surface area contributed by atoms with Crippen LogP contribution in [0.15, 0.2) is 33.7 Å². The van der Waals surface area contributed by atoms with Crippen molar-refractivity contribution in [3.63, 3.8) is 0 Å². The van der Waals surface area contributed by atoms with Gasteiger partial charge in [0.05, 0.1) is 23.4 Å². The third kappa shape index (κ3) is 4.57. The second-order valence-electron chi connectivity index (χ2n) is 6.22. The molecule has 29 heavy (non-hydrogen) atoms. The van der Waals surface area contributed by atoms with Crippen molar-refractivity contribution in [2.24, 2.45) is 0 Å². The van der Waals surface area contributed by atoms with E-state index in [-0.39, 0.29) is 11.8 Å². The molecule has 1 fully saturated rings. The Hall–Kier alpha value is -2.09. The van der Waals surface area contributed by atoms with Crippen molar-refractivity contribution < 1.29 is 22.5 Å². The predicted molar refractivity (Wildman–Crippen MR) is 108 cm³/mol. The second-order valence-corrected chi connectivity index (χ2v) is 8.90. The van der Waals surface area contributed by atoms with Gasteiger partial charge >= 0.3 is 10.5 Å². The van der Waals surface area contributed by atoms with E-state index in [1.165, 1.54) is 19.6 Å². The van der Waals surface area contributed by atoms with E-state index in [1.54, 1.807) is 18.3 Å². The molecule has 1 saturated heterocycles. The Morgan fingerprint density at radius 1 is 1.31 bits per heavy atom. The first kappa shape index (κ1) is 21.6. The number of carbonyl (C=O) groups is 1. The summed E-state index contributed by atoms with van der Waals surface area (Å²) in [5.41, 5.74) is 0.387. The first-order valence-electron chi connectivity index (χ1n) is 9.17. The molecule has 2 aromatic heterocycles. The molecule has 3 rings (SSSR count). The van der Waals surface area contributed by atoms with Crippen LogP contribution in [0.4, 0.5) is 5.88 Å². The van der Waals surface area contributed by atoms with Crippen molar-refractivity contribution >= 4 is 37.9 Å². The number of piperazine rings is 1. The topological polar surface area (TPSA) is 116 Å². The minimum absolute atomic E-state index is 0.150. The summed E-state index contributed by atoms with van der Waals surface area (Å²) < 4.78 is 33.9. The Morgan fingerprint density at radius 3 is 2.59 bits per heavy atom. The highest BCUT2D eigenvalue weighted by atomic mass is 79.9. The number of halogens is 1. The Morgan fingerprint density at radius 2 is 2.00 bits per heavy atom. The monoisotopic (exact) mass is 488 g/mol. The molecule has 0 radical (unpaired) electrons. The fraction of sp³-hybridized carbons (Fsp3) is 0.500. The number of rotatable bonds is 7. The molecule has 158 valence electrons. The summed E-state index contributed by atoms with van der Waals surface area (Å²) in [4.78, 5) is 17.6. The minimum Gasteiger partial charge on any atom is -0.284 e. The van der Waals surface area contributed by atoms with Crippen molar-refractivity contribution in [3.05, 3.63) is 34.7 Å². The molecule has 3 heterocycles. The van der Waals surface area contributed by atoms with Gasteiger partial charge in [-0.2, -0.15) is 17.0 Å². The fourth-order valence-corrected chi connectivity index (χ4v) is 5.04. The first-order chi connectivity index (χ1) is 13.9.